The fraction of sp³-hybridized carbons (Fsp3) is 0.818. The molecule has 0 aromatic carbocycles. The van der Waals surface area contributed by atoms with Crippen LogP contribution in [-0.4, -0.2) is 49.7 Å². The molecule has 0 radical (unpaired) electrons. The number of aliphatic carboxylic acids is 1. The minimum Gasteiger partial charge on any atom is -0.480 e. The van der Waals surface area contributed by atoms with Crippen molar-refractivity contribution in [3.05, 3.63) is 0 Å². The lowest BCUT2D eigenvalue weighted by Crippen LogP contribution is -2.42. The molecule has 1 unspecified atom stereocenters. The third kappa shape index (κ3) is 8.41. The number of amides is 1. The highest BCUT2D eigenvalue weighted by Gasteiger charge is 2.22. The second kappa shape index (κ2) is 8.73. The molecule has 0 spiro atoms. The number of alkyl carbamates (subject to hydrolysis) is 1. The Hall–Kier alpha value is -1.31. The van der Waals surface area contributed by atoms with E-state index in [-0.39, 0.29) is 24.5 Å². The number of hydrogen-bond donors (Lipinski definition) is 2. The van der Waals surface area contributed by atoms with Gasteiger partial charge in [-0.15, -0.1) is 0 Å². The summed E-state index contributed by atoms with van der Waals surface area (Å²) in [6.07, 6.45) is 0.531. The number of rotatable bonds is 9. The maximum Gasteiger partial charge on any atom is 0.407 e. The molecule has 0 aliphatic carbocycles. The summed E-state index contributed by atoms with van der Waals surface area (Å²) >= 11 is 0. The van der Waals surface area contributed by atoms with E-state index < -0.39 is 27.9 Å². The Kier molecular flexibility index (Phi) is 8.13. The van der Waals surface area contributed by atoms with E-state index in [9.17, 15) is 18.0 Å². The van der Waals surface area contributed by atoms with Crippen molar-refractivity contribution in [1.29, 1.82) is 0 Å². The molecule has 8 heteroatoms. The van der Waals surface area contributed by atoms with Gasteiger partial charge < -0.3 is 15.2 Å². The van der Waals surface area contributed by atoms with Crippen LogP contribution in [0, 0.1) is 0 Å². The third-order valence-electron chi connectivity index (χ3n) is 2.48. The number of carbonyl (C=O) groups is 2. The molecule has 0 rings (SSSR count). The summed E-state index contributed by atoms with van der Waals surface area (Å²) < 4.78 is 27.3. The van der Waals surface area contributed by atoms with Gasteiger partial charge in [-0.05, 0) is 12.8 Å². The van der Waals surface area contributed by atoms with Crippen molar-refractivity contribution < 1.29 is 27.9 Å². The molecule has 0 aliphatic heterocycles. The van der Waals surface area contributed by atoms with Crippen LogP contribution < -0.4 is 5.32 Å². The van der Waals surface area contributed by atoms with Crippen LogP contribution in [0.1, 0.15) is 33.1 Å². The Morgan fingerprint density at radius 1 is 1.32 bits per heavy atom. The van der Waals surface area contributed by atoms with Gasteiger partial charge in [0.1, 0.15) is 15.9 Å². The van der Waals surface area contributed by atoms with Gasteiger partial charge in [-0.3, -0.25) is 0 Å². The predicted octanol–water partition coefficient (Wildman–Crippen LogP) is 0.791. The van der Waals surface area contributed by atoms with Gasteiger partial charge in [0.2, 0.25) is 0 Å². The van der Waals surface area contributed by atoms with Crippen molar-refractivity contribution >= 4 is 21.9 Å². The van der Waals surface area contributed by atoms with Crippen LogP contribution in [0.3, 0.4) is 0 Å². The van der Waals surface area contributed by atoms with Crippen molar-refractivity contribution in [2.45, 2.75) is 39.2 Å². The van der Waals surface area contributed by atoms with E-state index >= 15 is 0 Å². The summed E-state index contributed by atoms with van der Waals surface area (Å²) in [5.74, 6) is -1.62. The quantitative estimate of drug-likeness (QED) is 0.609. The highest BCUT2D eigenvalue weighted by Crippen LogP contribution is 2.00. The zero-order valence-electron chi connectivity index (χ0n) is 11.2. The van der Waals surface area contributed by atoms with Crippen LogP contribution in [0.15, 0.2) is 0 Å². The minimum atomic E-state index is -3.26. The minimum absolute atomic E-state index is 0.0553. The fourth-order valence-corrected chi connectivity index (χ4v) is 2.08. The van der Waals surface area contributed by atoms with Gasteiger partial charge in [-0.25, -0.2) is 18.0 Å². The van der Waals surface area contributed by atoms with Crippen molar-refractivity contribution in [1.82, 2.24) is 5.32 Å². The highest BCUT2D eigenvalue weighted by molar-refractivity contribution is 7.91. The molecule has 19 heavy (non-hydrogen) atoms. The average molecular weight is 295 g/mol. The van der Waals surface area contributed by atoms with Gasteiger partial charge in [0.25, 0.3) is 0 Å². The molecule has 0 fully saturated rings. The van der Waals surface area contributed by atoms with Gasteiger partial charge in [-0.1, -0.05) is 20.3 Å². The van der Waals surface area contributed by atoms with Gasteiger partial charge >= 0.3 is 12.1 Å². The summed E-state index contributed by atoms with van der Waals surface area (Å²) in [7, 11) is -3.26. The normalized spacial score (nSPS) is 12.7. The largest absolute Gasteiger partial charge is 0.480 e. The van der Waals surface area contributed by atoms with Crippen LogP contribution in [0.25, 0.3) is 0 Å². The van der Waals surface area contributed by atoms with E-state index in [0.717, 1.165) is 6.42 Å². The summed E-state index contributed by atoms with van der Waals surface area (Å²) in [4.78, 5) is 22.2. The molecule has 0 bridgehead atoms. The lowest BCUT2D eigenvalue weighted by atomic mass is 10.2. The summed E-state index contributed by atoms with van der Waals surface area (Å²) in [6.45, 7) is 3.62. The Balaban J connectivity index is 4.27. The number of nitrogens with one attached hydrogen (secondary N) is 1. The van der Waals surface area contributed by atoms with Crippen LogP contribution in [0.2, 0.25) is 0 Å². The second-order valence-corrected chi connectivity index (χ2v) is 6.52. The van der Waals surface area contributed by atoms with Crippen LogP contribution >= 0.6 is 0 Å². The predicted molar refractivity (Wildman–Crippen MR) is 69.8 cm³/mol. The van der Waals surface area contributed by atoms with E-state index in [1.807, 2.05) is 6.92 Å². The zero-order valence-corrected chi connectivity index (χ0v) is 12.0. The van der Waals surface area contributed by atoms with E-state index in [1.165, 1.54) is 6.92 Å². The number of unbranched alkanes of at least 4 members (excludes halogenated alkanes) is 1. The molecular formula is C11H21NO6S. The lowest BCUT2D eigenvalue weighted by molar-refractivity contribution is -0.139. The topological polar surface area (TPSA) is 110 Å². The summed E-state index contributed by atoms with van der Waals surface area (Å²) in [6, 6.07) is -1.25. The van der Waals surface area contributed by atoms with Crippen LogP contribution in [0.5, 0.6) is 0 Å². The Morgan fingerprint density at radius 2 is 1.95 bits per heavy atom. The van der Waals surface area contributed by atoms with Crippen molar-refractivity contribution in [3.63, 3.8) is 0 Å². The number of carbonyl (C=O) groups excluding carboxylic acids is 1. The first kappa shape index (κ1) is 17.7. The first-order valence-electron chi connectivity index (χ1n) is 6.19. The van der Waals surface area contributed by atoms with Gasteiger partial charge in [0.15, 0.2) is 0 Å². The first-order valence-corrected chi connectivity index (χ1v) is 8.01. The fourth-order valence-electron chi connectivity index (χ4n) is 1.19. The number of hydrogen-bond acceptors (Lipinski definition) is 5. The summed E-state index contributed by atoms with van der Waals surface area (Å²) in [5.41, 5.74) is 0. The molecule has 0 saturated heterocycles. The monoisotopic (exact) mass is 295 g/mol. The molecule has 0 aliphatic rings. The smallest absolute Gasteiger partial charge is 0.407 e. The van der Waals surface area contributed by atoms with Crippen LogP contribution in [-0.2, 0) is 19.4 Å². The van der Waals surface area contributed by atoms with Gasteiger partial charge in [0.05, 0.1) is 12.4 Å². The molecule has 0 aromatic heterocycles. The highest BCUT2D eigenvalue weighted by atomic mass is 32.2. The standard InChI is InChI=1S/C11H21NO6S/c1-3-5-7-18-11(15)12-9(10(13)14)6-8-19(16,17)4-2/h9H,3-8H2,1-2H3,(H,12,15)(H,13,14). The molecule has 1 atom stereocenters. The van der Waals surface area contributed by atoms with E-state index in [1.54, 1.807) is 0 Å². The molecule has 2 N–H and O–H groups in total. The molecular weight excluding hydrogens is 274 g/mol. The lowest BCUT2D eigenvalue weighted by Gasteiger charge is -2.14. The second-order valence-electron chi connectivity index (χ2n) is 4.05. The molecule has 112 valence electrons. The molecule has 7 nitrogen and oxygen atoms in total. The molecule has 0 aromatic rings. The van der Waals surface area contributed by atoms with Crippen molar-refractivity contribution in [2.75, 3.05) is 18.1 Å². The number of carboxylic acids is 1. The zero-order chi connectivity index (χ0) is 14.9. The van der Waals surface area contributed by atoms with Gasteiger partial charge in [-0.2, -0.15) is 0 Å². The van der Waals surface area contributed by atoms with Crippen molar-refractivity contribution in [3.8, 4) is 0 Å². The third-order valence-corrected chi connectivity index (χ3v) is 4.22. The molecule has 0 heterocycles. The number of carboxylic acid groups (broad SMARTS) is 1. The van der Waals surface area contributed by atoms with E-state index in [4.69, 9.17) is 9.84 Å². The Labute approximate surface area is 113 Å². The first-order chi connectivity index (χ1) is 8.82. The van der Waals surface area contributed by atoms with E-state index in [2.05, 4.69) is 5.32 Å². The summed E-state index contributed by atoms with van der Waals surface area (Å²) in [5, 5.41) is 11.0. The SMILES string of the molecule is CCCCOC(=O)NC(CCS(=O)(=O)CC)C(=O)O. The van der Waals surface area contributed by atoms with Crippen LogP contribution in [0.4, 0.5) is 4.79 Å². The number of ether oxygens (including phenoxy) is 1. The van der Waals surface area contributed by atoms with E-state index in [0.29, 0.717) is 6.42 Å². The maximum atomic E-state index is 11.3. The Bertz CT molecular complexity index is 392. The average Bonchev–Trinajstić information content (AvgIpc) is 2.34. The number of sulfone groups is 1. The molecule has 1 amide bonds. The van der Waals surface area contributed by atoms with Crippen molar-refractivity contribution in [2.24, 2.45) is 0 Å². The van der Waals surface area contributed by atoms with Gasteiger partial charge in [0, 0.05) is 5.75 Å². The Morgan fingerprint density at radius 3 is 2.42 bits per heavy atom. The maximum absolute atomic E-state index is 11.3. The molecule has 0 saturated carbocycles.